The van der Waals surface area contributed by atoms with Gasteiger partial charge in [0.15, 0.2) is 6.29 Å². The molecule has 0 saturated heterocycles. The van der Waals surface area contributed by atoms with Gasteiger partial charge < -0.3 is 0 Å². The van der Waals surface area contributed by atoms with Gasteiger partial charge in [-0.3, -0.25) is 9.59 Å². The quantitative estimate of drug-likeness (QED) is 0.501. The van der Waals surface area contributed by atoms with Crippen LogP contribution in [0.4, 0.5) is 0 Å². The minimum Gasteiger partial charge on any atom is -0.298 e. The first-order chi connectivity index (χ1) is 8.83. The van der Waals surface area contributed by atoms with Gasteiger partial charge in [-0.1, -0.05) is 36.4 Å². The number of aldehydes is 2. The lowest BCUT2D eigenvalue weighted by molar-refractivity contribution is 0.112. The Kier molecular flexibility index (Phi) is 2.41. The average molecular weight is 234 g/mol. The van der Waals surface area contributed by atoms with Crippen molar-refractivity contribution in [3.8, 4) is 0 Å². The molecule has 0 aliphatic rings. The molecule has 0 aliphatic heterocycles. The SMILES string of the molecule is O=Cc1cc(C=O)c2c(ccc3ccccc32)c1. The number of hydrogen-bond acceptors (Lipinski definition) is 2. The minimum absolute atomic E-state index is 0.528. The van der Waals surface area contributed by atoms with E-state index in [1.54, 1.807) is 6.07 Å². The van der Waals surface area contributed by atoms with Crippen LogP contribution in [0.25, 0.3) is 21.5 Å². The Labute approximate surface area is 104 Å². The predicted octanol–water partition coefficient (Wildman–Crippen LogP) is 3.62. The summed E-state index contributed by atoms with van der Waals surface area (Å²) in [5.41, 5.74) is 1.09. The van der Waals surface area contributed by atoms with E-state index in [4.69, 9.17) is 0 Å². The molecule has 0 amide bonds. The van der Waals surface area contributed by atoms with E-state index in [0.29, 0.717) is 11.1 Å². The largest absolute Gasteiger partial charge is 0.298 e. The second-order valence-corrected chi connectivity index (χ2v) is 4.23. The van der Waals surface area contributed by atoms with E-state index in [1.807, 2.05) is 42.5 Å². The molecular formula is C16H10O2. The first-order valence-corrected chi connectivity index (χ1v) is 5.69. The Balaban J connectivity index is 2.56. The summed E-state index contributed by atoms with van der Waals surface area (Å²) < 4.78 is 0. The van der Waals surface area contributed by atoms with Gasteiger partial charge >= 0.3 is 0 Å². The van der Waals surface area contributed by atoms with Crippen LogP contribution >= 0.6 is 0 Å². The Hall–Kier alpha value is -2.48. The van der Waals surface area contributed by atoms with Gasteiger partial charge in [0.05, 0.1) is 0 Å². The zero-order chi connectivity index (χ0) is 12.5. The summed E-state index contributed by atoms with van der Waals surface area (Å²) >= 11 is 0. The third-order valence-electron chi connectivity index (χ3n) is 3.16. The van der Waals surface area contributed by atoms with Crippen molar-refractivity contribution in [1.29, 1.82) is 0 Å². The predicted molar refractivity (Wildman–Crippen MR) is 72.2 cm³/mol. The maximum atomic E-state index is 11.2. The summed E-state index contributed by atoms with van der Waals surface area (Å²) in [6.07, 6.45) is 1.57. The molecule has 0 atom stereocenters. The highest BCUT2D eigenvalue weighted by atomic mass is 16.1. The molecular weight excluding hydrogens is 224 g/mol. The number of hydrogen-bond donors (Lipinski definition) is 0. The van der Waals surface area contributed by atoms with Crippen LogP contribution in [-0.2, 0) is 0 Å². The number of benzene rings is 3. The Morgan fingerprint density at radius 3 is 2.33 bits per heavy atom. The Morgan fingerprint density at radius 1 is 0.778 bits per heavy atom. The summed E-state index contributed by atoms with van der Waals surface area (Å²) in [4.78, 5) is 22.1. The molecule has 86 valence electrons. The fourth-order valence-electron chi connectivity index (χ4n) is 2.36. The summed E-state index contributed by atoms with van der Waals surface area (Å²) in [5.74, 6) is 0. The van der Waals surface area contributed by atoms with Crippen molar-refractivity contribution in [3.05, 3.63) is 59.7 Å². The van der Waals surface area contributed by atoms with Crippen LogP contribution in [0.5, 0.6) is 0 Å². The lowest BCUT2D eigenvalue weighted by Gasteiger charge is -2.07. The summed E-state index contributed by atoms with van der Waals surface area (Å²) in [5, 5.41) is 3.95. The van der Waals surface area contributed by atoms with Crippen molar-refractivity contribution in [3.63, 3.8) is 0 Å². The third kappa shape index (κ3) is 1.51. The van der Waals surface area contributed by atoms with Crippen LogP contribution in [0.3, 0.4) is 0 Å². The van der Waals surface area contributed by atoms with Crippen molar-refractivity contribution < 1.29 is 9.59 Å². The fourth-order valence-corrected chi connectivity index (χ4v) is 2.36. The highest BCUT2D eigenvalue weighted by Crippen LogP contribution is 2.28. The molecule has 2 nitrogen and oxygen atoms in total. The van der Waals surface area contributed by atoms with Gasteiger partial charge in [0.25, 0.3) is 0 Å². The molecule has 0 N–H and O–H groups in total. The van der Waals surface area contributed by atoms with Crippen LogP contribution in [-0.4, -0.2) is 12.6 Å². The number of carbonyl (C=O) groups is 2. The van der Waals surface area contributed by atoms with Gasteiger partial charge in [0.1, 0.15) is 6.29 Å². The van der Waals surface area contributed by atoms with Crippen LogP contribution in [0, 0.1) is 0 Å². The highest BCUT2D eigenvalue weighted by Gasteiger charge is 2.07. The van der Waals surface area contributed by atoms with Gasteiger partial charge in [-0.25, -0.2) is 0 Å². The third-order valence-corrected chi connectivity index (χ3v) is 3.16. The molecule has 0 aliphatic carbocycles. The summed E-state index contributed by atoms with van der Waals surface area (Å²) in [7, 11) is 0. The lowest BCUT2D eigenvalue weighted by atomic mass is 9.96. The molecule has 3 aromatic rings. The summed E-state index contributed by atoms with van der Waals surface area (Å²) in [6, 6.07) is 15.3. The smallest absolute Gasteiger partial charge is 0.150 e. The van der Waals surface area contributed by atoms with Gasteiger partial charge in [0.2, 0.25) is 0 Å². The maximum absolute atomic E-state index is 11.2. The normalized spacial score (nSPS) is 10.7. The first-order valence-electron chi connectivity index (χ1n) is 5.69. The topological polar surface area (TPSA) is 34.1 Å². The molecule has 0 fully saturated rings. The van der Waals surface area contributed by atoms with E-state index < -0.39 is 0 Å². The standard InChI is InChI=1S/C16H10O2/c17-9-11-7-13-6-5-12-3-1-2-4-15(12)16(13)14(8-11)10-18/h1-10H. The molecule has 0 bridgehead atoms. The second kappa shape index (κ2) is 4.08. The van der Waals surface area contributed by atoms with Crippen LogP contribution in [0.15, 0.2) is 48.5 Å². The molecule has 0 radical (unpaired) electrons. The van der Waals surface area contributed by atoms with Crippen molar-refractivity contribution >= 4 is 34.1 Å². The number of rotatable bonds is 2. The zero-order valence-electron chi connectivity index (χ0n) is 9.59. The second-order valence-electron chi connectivity index (χ2n) is 4.23. The van der Waals surface area contributed by atoms with Crippen molar-refractivity contribution in [1.82, 2.24) is 0 Å². The molecule has 0 spiro atoms. The van der Waals surface area contributed by atoms with Gasteiger partial charge in [0, 0.05) is 16.5 Å². The van der Waals surface area contributed by atoms with E-state index in [2.05, 4.69) is 0 Å². The first kappa shape index (κ1) is 10.7. The minimum atomic E-state index is 0.528. The van der Waals surface area contributed by atoms with Gasteiger partial charge in [-0.15, -0.1) is 0 Å². The van der Waals surface area contributed by atoms with Crippen molar-refractivity contribution in [2.24, 2.45) is 0 Å². The zero-order valence-corrected chi connectivity index (χ0v) is 9.59. The van der Waals surface area contributed by atoms with E-state index in [0.717, 1.165) is 34.1 Å². The van der Waals surface area contributed by atoms with Crippen molar-refractivity contribution in [2.45, 2.75) is 0 Å². The van der Waals surface area contributed by atoms with Crippen LogP contribution < -0.4 is 0 Å². The number of fused-ring (bicyclic) bond motifs is 3. The molecule has 3 aromatic carbocycles. The molecule has 2 heteroatoms. The highest BCUT2D eigenvalue weighted by molar-refractivity contribution is 6.15. The maximum Gasteiger partial charge on any atom is 0.150 e. The van der Waals surface area contributed by atoms with Crippen LogP contribution in [0.2, 0.25) is 0 Å². The average Bonchev–Trinajstić information content (AvgIpc) is 2.45. The molecule has 18 heavy (non-hydrogen) atoms. The Morgan fingerprint density at radius 2 is 1.56 bits per heavy atom. The molecule has 0 heterocycles. The fraction of sp³-hybridized carbons (Fsp3) is 0. The number of carbonyl (C=O) groups excluding carboxylic acids is 2. The van der Waals surface area contributed by atoms with Crippen molar-refractivity contribution in [2.75, 3.05) is 0 Å². The van der Waals surface area contributed by atoms with Crippen LogP contribution in [0.1, 0.15) is 20.7 Å². The van der Waals surface area contributed by atoms with E-state index in [1.165, 1.54) is 0 Å². The van der Waals surface area contributed by atoms with Gasteiger partial charge in [-0.05, 0) is 28.3 Å². The monoisotopic (exact) mass is 234 g/mol. The van der Waals surface area contributed by atoms with E-state index in [9.17, 15) is 9.59 Å². The Bertz CT molecular complexity index is 772. The lowest BCUT2D eigenvalue weighted by Crippen LogP contribution is -1.90. The summed E-state index contributed by atoms with van der Waals surface area (Å²) in [6.45, 7) is 0. The molecule has 3 rings (SSSR count). The van der Waals surface area contributed by atoms with E-state index in [-0.39, 0.29) is 0 Å². The van der Waals surface area contributed by atoms with Gasteiger partial charge in [-0.2, -0.15) is 0 Å². The molecule has 0 aromatic heterocycles. The molecule has 0 unspecified atom stereocenters. The van der Waals surface area contributed by atoms with E-state index >= 15 is 0 Å². The molecule has 0 saturated carbocycles.